The first-order valence-electron chi connectivity index (χ1n) is 6.40. The van der Waals surface area contributed by atoms with E-state index in [0.717, 1.165) is 12.8 Å². The van der Waals surface area contributed by atoms with Crippen LogP contribution < -0.4 is 10.6 Å². The van der Waals surface area contributed by atoms with Crippen molar-refractivity contribution >= 4 is 5.91 Å². The average molecular weight is 266 g/mol. The van der Waals surface area contributed by atoms with Crippen molar-refractivity contribution in [1.29, 1.82) is 0 Å². The van der Waals surface area contributed by atoms with E-state index in [9.17, 15) is 18.0 Å². The summed E-state index contributed by atoms with van der Waals surface area (Å²) in [4.78, 5) is 11.5. The maximum absolute atomic E-state index is 12.0. The van der Waals surface area contributed by atoms with Crippen molar-refractivity contribution in [2.45, 2.75) is 57.8 Å². The van der Waals surface area contributed by atoms with Crippen molar-refractivity contribution in [2.75, 3.05) is 6.54 Å². The molecule has 6 heteroatoms. The van der Waals surface area contributed by atoms with Crippen LogP contribution in [0, 0.1) is 5.92 Å². The zero-order chi connectivity index (χ0) is 13.8. The molecule has 0 aromatic heterocycles. The van der Waals surface area contributed by atoms with Crippen LogP contribution in [0.2, 0.25) is 0 Å². The van der Waals surface area contributed by atoms with E-state index in [1.807, 2.05) is 12.2 Å². The minimum absolute atomic E-state index is 0.166. The predicted molar refractivity (Wildman–Crippen MR) is 63.1 cm³/mol. The molecule has 1 aliphatic rings. The minimum atomic E-state index is -4.35. The molecule has 1 unspecified atom stereocenters. The fourth-order valence-electron chi connectivity index (χ4n) is 2.40. The van der Waals surface area contributed by atoms with Gasteiger partial charge in [0.15, 0.2) is 0 Å². The van der Waals surface area contributed by atoms with Crippen LogP contribution in [0.25, 0.3) is 0 Å². The van der Waals surface area contributed by atoms with Gasteiger partial charge in [0.25, 0.3) is 0 Å². The summed E-state index contributed by atoms with van der Waals surface area (Å²) in [6, 6.07) is -0.429. The number of rotatable bonds is 5. The highest BCUT2D eigenvalue weighted by molar-refractivity contribution is 5.81. The molecule has 0 radical (unpaired) electrons. The molecule has 18 heavy (non-hydrogen) atoms. The lowest BCUT2D eigenvalue weighted by Crippen LogP contribution is -2.49. The molecule has 1 saturated carbocycles. The molecule has 1 rings (SSSR count). The van der Waals surface area contributed by atoms with Crippen LogP contribution in [0.5, 0.6) is 0 Å². The molecule has 0 heterocycles. The van der Waals surface area contributed by atoms with Crippen LogP contribution in [-0.2, 0) is 4.79 Å². The number of carbonyl (C=O) groups is 1. The molecule has 0 saturated heterocycles. The summed E-state index contributed by atoms with van der Waals surface area (Å²) in [5.41, 5.74) is 0. The Bertz CT molecular complexity index is 275. The maximum Gasteiger partial charge on any atom is 0.405 e. The van der Waals surface area contributed by atoms with E-state index in [0.29, 0.717) is 5.92 Å². The molecule has 1 aliphatic carbocycles. The molecule has 2 atom stereocenters. The lowest BCUT2D eigenvalue weighted by Gasteiger charge is -2.24. The topological polar surface area (TPSA) is 41.1 Å². The van der Waals surface area contributed by atoms with Crippen LogP contribution in [0.1, 0.15) is 39.5 Å². The second-order valence-electron chi connectivity index (χ2n) is 5.05. The van der Waals surface area contributed by atoms with Crippen LogP contribution in [0.4, 0.5) is 13.2 Å². The summed E-state index contributed by atoms with van der Waals surface area (Å²) in [7, 11) is 0. The largest absolute Gasteiger partial charge is 0.405 e. The standard InChI is InChI=1S/C12H21F3N2O/c1-8(10-5-3-4-6-10)17-9(2)11(18)16-7-12(13,14)15/h8-10,17H,3-7H2,1-2H3,(H,16,18)/t8-,9?/m0/s1. The molecule has 0 aromatic rings. The Morgan fingerprint density at radius 1 is 1.28 bits per heavy atom. The van der Waals surface area contributed by atoms with Gasteiger partial charge < -0.3 is 10.6 Å². The van der Waals surface area contributed by atoms with Gasteiger partial charge in [-0.25, -0.2) is 0 Å². The Balaban J connectivity index is 2.30. The Hall–Kier alpha value is -0.780. The van der Waals surface area contributed by atoms with E-state index in [1.54, 1.807) is 6.92 Å². The van der Waals surface area contributed by atoms with E-state index in [4.69, 9.17) is 0 Å². The highest BCUT2D eigenvalue weighted by Crippen LogP contribution is 2.27. The fourth-order valence-corrected chi connectivity index (χ4v) is 2.40. The molecular formula is C12H21F3N2O. The molecule has 106 valence electrons. The third-order valence-electron chi connectivity index (χ3n) is 3.48. The SMILES string of the molecule is CC(N[C@@H](C)C1CCCC1)C(=O)NCC(F)(F)F. The van der Waals surface area contributed by atoms with Gasteiger partial charge in [0.1, 0.15) is 6.54 Å². The van der Waals surface area contributed by atoms with Gasteiger partial charge >= 0.3 is 6.18 Å². The third kappa shape index (κ3) is 5.25. The number of hydrogen-bond acceptors (Lipinski definition) is 2. The third-order valence-corrected chi connectivity index (χ3v) is 3.48. The summed E-state index contributed by atoms with van der Waals surface area (Å²) in [5, 5.41) is 4.97. The second kappa shape index (κ2) is 6.41. The lowest BCUT2D eigenvalue weighted by atomic mass is 9.99. The number of carbonyl (C=O) groups excluding carboxylic acids is 1. The smallest absolute Gasteiger partial charge is 0.346 e. The van der Waals surface area contributed by atoms with Crippen molar-refractivity contribution < 1.29 is 18.0 Å². The number of nitrogens with one attached hydrogen (secondary N) is 2. The fraction of sp³-hybridized carbons (Fsp3) is 0.917. The van der Waals surface area contributed by atoms with Gasteiger partial charge in [-0.1, -0.05) is 12.8 Å². The minimum Gasteiger partial charge on any atom is -0.346 e. The molecular weight excluding hydrogens is 245 g/mol. The van der Waals surface area contributed by atoms with Gasteiger partial charge in [0.05, 0.1) is 6.04 Å². The highest BCUT2D eigenvalue weighted by Gasteiger charge is 2.29. The summed E-state index contributed by atoms with van der Waals surface area (Å²) in [6.45, 7) is 2.32. The maximum atomic E-state index is 12.0. The molecule has 0 bridgehead atoms. The Morgan fingerprint density at radius 2 is 1.83 bits per heavy atom. The number of amides is 1. The number of hydrogen-bond donors (Lipinski definition) is 2. The first-order chi connectivity index (χ1) is 8.29. The van der Waals surface area contributed by atoms with E-state index in [-0.39, 0.29) is 6.04 Å². The van der Waals surface area contributed by atoms with Crippen LogP contribution >= 0.6 is 0 Å². The monoisotopic (exact) mass is 266 g/mol. The Kier molecular flexibility index (Phi) is 5.44. The van der Waals surface area contributed by atoms with Gasteiger partial charge in [-0.3, -0.25) is 4.79 Å². The quantitative estimate of drug-likeness (QED) is 0.801. The van der Waals surface area contributed by atoms with Crippen molar-refractivity contribution in [1.82, 2.24) is 10.6 Å². The van der Waals surface area contributed by atoms with Gasteiger partial charge in [-0.15, -0.1) is 0 Å². The van der Waals surface area contributed by atoms with Crippen molar-refractivity contribution in [3.05, 3.63) is 0 Å². The predicted octanol–water partition coefficient (Wildman–Crippen LogP) is 2.22. The zero-order valence-corrected chi connectivity index (χ0v) is 10.8. The normalized spacial score (nSPS) is 20.7. The summed E-state index contributed by atoms with van der Waals surface area (Å²) >= 11 is 0. The first-order valence-corrected chi connectivity index (χ1v) is 6.40. The molecule has 0 aliphatic heterocycles. The van der Waals surface area contributed by atoms with Crippen molar-refractivity contribution in [2.24, 2.45) is 5.92 Å². The number of alkyl halides is 3. The van der Waals surface area contributed by atoms with E-state index in [2.05, 4.69) is 5.32 Å². The van der Waals surface area contributed by atoms with E-state index < -0.39 is 24.7 Å². The molecule has 3 nitrogen and oxygen atoms in total. The summed E-state index contributed by atoms with van der Waals surface area (Å²) < 4.78 is 35.9. The zero-order valence-electron chi connectivity index (χ0n) is 10.8. The van der Waals surface area contributed by atoms with Crippen molar-refractivity contribution in [3.63, 3.8) is 0 Å². The van der Waals surface area contributed by atoms with Gasteiger partial charge in [-0.05, 0) is 32.6 Å². The highest BCUT2D eigenvalue weighted by atomic mass is 19.4. The molecule has 1 amide bonds. The van der Waals surface area contributed by atoms with Gasteiger partial charge in [-0.2, -0.15) is 13.2 Å². The Labute approximate surface area is 106 Å². The Morgan fingerprint density at radius 3 is 2.33 bits per heavy atom. The van der Waals surface area contributed by atoms with Crippen LogP contribution in [0.15, 0.2) is 0 Å². The van der Waals surface area contributed by atoms with E-state index >= 15 is 0 Å². The summed E-state index contributed by atoms with van der Waals surface area (Å²) in [6.07, 6.45) is 0.305. The van der Waals surface area contributed by atoms with Crippen LogP contribution in [-0.4, -0.2) is 30.7 Å². The first kappa shape index (κ1) is 15.3. The number of halogens is 3. The van der Waals surface area contributed by atoms with Crippen molar-refractivity contribution in [3.8, 4) is 0 Å². The molecule has 0 aromatic carbocycles. The van der Waals surface area contributed by atoms with E-state index in [1.165, 1.54) is 12.8 Å². The average Bonchev–Trinajstić information content (AvgIpc) is 2.77. The molecule has 0 spiro atoms. The molecule has 2 N–H and O–H groups in total. The molecule has 1 fully saturated rings. The summed E-state index contributed by atoms with van der Waals surface area (Å²) in [5.74, 6) is -0.0694. The van der Waals surface area contributed by atoms with Gasteiger partial charge in [0, 0.05) is 6.04 Å². The second-order valence-corrected chi connectivity index (χ2v) is 5.05. The lowest BCUT2D eigenvalue weighted by molar-refractivity contribution is -0.139. The van der Waals surface area contributed by atoms with Crippen LogP contribution in [0.3, 0.4) is 0 Å². The van der Waals surface area contributed by atoms with Gasteiger partial charge in [0.2, 0.25) is 5.91 Å².